The van der Waals surface area contributed by atoms with Gasteiger partial charge >= 0.3 is 0 Å². The van der Waals surface area contributed by atoms with Crippen LogP contribution < -0.4 is 10.6 Å². The van der Waals surface area contributed by atoms with Crippen molar-refractivity contribution in [1.82, 2.24) is 14.9 Å². The van der Waals surface area contributed by atoms with E-state index in [1.807, 2.05) is 43.7 Å². The van der Waals surface area contributed by atoms with Crippen molar-refractivity contribution in [2.24, 2.45) is 0 Å². The average Bonchev–Trinajstić information content (AvgIpc) is 2.89. The normalized spacial score (nSPS) is 15.3. The molecule has 0 radical (unpaired) electrons. The number of anilines is 2. The van der Waals surface area contributed by atoms with Gasteiger partial charge in [0.2, 0.25) is 0 Å². The van der Waals surface area contributed by atoms with Crippen LogP contribution in [0.25, 0.3) is 16.7 Å². The summed E-state index contributed by atoms with van der Waals surface area (Å²) < 4.78 is 27.0. The molecule has 1 saturated heterocycles. The summed E-state index contributed by atoms with van der Waals surface area (Å²) in [7, 11) is 1.87. The van der Waals surface area contributed by atoms with Gasteiger partial charge in [-0.05, 0) is 53.5 Å². The predicted molar refractivity (Wildman–Crippen MR) is 144 cm³/mol. The highest BCUT2D eigenvalue weighted by Crippen LogP contribution is 2.33. The van der Waals surface area contributed by atoms with Crippen LogP contribution in [0.15, 0.2) is 73.8 Å². The summed E-state index contributed by atoms with van der Waals surface area (Å²) in [5.74, 6) is -2.54. The van der Waals surface area contributed by atoms with Gasteiger partial charge in [0.05, 0.1) is 11.9 Å². The van der Waals surface area contributed by atoms with Crippen LogP contribution in [-0.2, 0) is 13.0 Å². The number of nitrogens with zero attached hydrogens (tertiary/aromatic N) is 3. The minimum absolute atomic E-state index is 0.0895. The molecular formula is C29H33F2N5. The van der Waals surface area contributed by atoms with Crippen molar-refractivity contribution in [1.29, 1.82) is 0 Å². The van der Waals surface area contributed by atoms with Crippen molar-refractivity contribution in [3.8, 4) is 11.1 Å². The lowest BCUT2D eigenvalue weighted by Gasteiger charge is -2.31. The lowest BCUT2D eigenvalue weighted by molar-refractivity contribution is -0.0566. The Labute approximate surface area is 212 Å². The quantitative estimate of drug-likeness (QED) is 0.331. The topological polar surface area (TPSA) is 53.1 Å². The molecular weight excluding hydrogens is 456 g/mol. The average molecular weight is 490 g/mol. The summed E-state index contributed by atoms with van der Waals surface area (Å²) >= 11 is 0. The van der Waals surface area contributed by atoms with Crippen molar-refractivity contribution >= 4 is 16.9 Å². The molecule has 1 aliphatic rings. The summed E-state index contributed by atoms with van der Waals surface area (Å²) in [4.78, 5) is 10.9. The second-order valence-corrected chi connectivity index (χ2v) is 9.20. The van der Waals surface area contributed by atoms with Crippen LogP contribution in [0.2, 0.25) is 0 Å². The standard InChI is InChI=1S/C29H33F2N5/c1-5-25-7-8-26(18-34-25)35-21(3)20(2)27-15-23(6-9-28(27)32-4)24-14-22(16-33-17-24)19-36-12-10-29(30,31)11-13-36/h6-9,14-18,32,35H,2-3,5,10-13,19H2,1,4H3. The highest BCUT2D eigenvalue weighted by Gasteiger charge is 2.33. The van der Waals surface area contributed by atoms with E-state index in [1.54, 1.807) is 6.20 Å². The van der Waals surface area contributed by atoms with E-state index in [0.29, 0.717) is 25.3 Å². The van der Waals surface area contributed by atoms with Gasteiger partial charge in [-0.3, -0.25) is 14.9 Å². The number of rotatable bonds is 9. The van der Waals surface area contributed by atoms with E-state index in [-0.39, 0.29) is 12.8 Å². The molecule has 1 aromatic carbocycles. The first kappa shape index (κ1) is 25.5. The van der Waals surface area contributed by atoms with E-state index in [4.69, 9.17) is 0 Å². The minimum atomic E-state index is -2.54. The number of piperidine rings is 1. The third-order valence-electron chi connectivity index (χ3n) is 6.58. The molecule has 0 spiro atoms. The van der Waals surface area contributed by atoms with Crippen LogP contribution >= 0.6 is 0 Å². The number of allylic oxidation sites excluding steroid dienone is 1. The van der Waals surface area contributed by atoms with Crippen LogP contribution in [-0.4, -0.2) is 40.9 Å². The highest BCUT2D eigenvalue weighted by molar-refractivity contribution is 5.88. The van der Waals surface area contributed by atoms with Gasteiger partial charge in [0.15, 0.2) is 0 Å². The van der Waals surface area contributed by atoms with Crippen molar-refractivity contribution in [2.45, 2.75) is 38.7 Å². The molecule has 0 bridgehead atoms. The van der Waals surface area contributed by atoms with Gasteiger partial charge < -0.3 is 10.6 Å². The molecule has 3 heterocycles. The predicted octanol–water partition coefficient (Wildman–Crippen LogP) is 6.62. The Balaban J connectivity index is 1.52. The molecule has 0 atom stereocenters. The van der Waals surface area contributed by atoms with E-state index in [0.717, 1.165) is 51.3 Å². The Morgan fingerprint density at radius 1 is 1.03 bits per heavy atom. The van der Waals surface area contributed by atoms with Gasteiger partial charge in [-0.2, -0.15) is 0 Å². The second-order valence-electron chi connectivity index (χ2n) is 9.20. The maximum Gasteiger partial charge on any atom is 0.250 e. The molecule has 0 unspecified atom stereocenters. The summed E-state index contributed by atoms with van der Waals surface area (Å²) in [6.45, 7) is 12.0. The zero-order valence-corrected chi connectivity index (χ0v) is 21.0. The van der Waals surface area contributed by atoms with Crippen LogP contribution in [0.4, 0.5) is 20.2 Å². The lowest BCUT2D eigenvalue weighted by atomic mass is 9.96. The van der Waals surface area contributed by atoms with Gasteiger partial charge in [0, 0.05) is 80.1 Å². The van der Waals surface area contributed by atoms with E-state index in [2.05, 4.69) is 57.7 Å². The first-order chi connectivity index (χ1) is 17.3. The minimum Gasteiger partial charge on any atom is -0.388 e. The van der Waals surface area contributed by atoms with Crippen LogP contribution in [0, 0.1) is 0 Å². The fourth-order valence-corrected chi connectivity index (χ4v) is 4.34. The molecule has 7 heteroatoms. The molecule has 2 aromatic heterocycles. The molecule has 2 N–H and O–H groups in total. The fourth-order valence-electron chi connectivity index (χ4n) is 4.34. The Hall–Kier alpha value is -3.58. The van der Waals surface area contributed by atoms with E-state index >= 15 is 0 Å². The number of nitrogens with one attached hydrogen (secondary N) is 2. The number of hydrogen-bond donors (Lipinski definition) is 2. The smallest absolute Gasteiger partial charge is 0.250 e. The number of halogens is 2. The molecule has 5 nitrogen and oxygen atoms in total. The molecule has 0 amide bonds. The SMILES string of the molecule is C=C(Nc1ccc(CC)nc1)C(=C)c1cc(-c2cncc(CN3CCC(F)(F)CC3)c2)ccc1NC. The number of likely N-dealkylation sites (tertiary alicyclic amines) is 1. The molecule has 4 rings (SSSR count). The van der Waals surface area contributed by atoms with Crippen molar-refractivity contribution in [3.05, 3.63) is 90.7 Å². The van der Waals surface area contributed by atoms with Crippen LogP contribution in [0.1, 0.15) is 36.6 Å². The molecule has 1 fully saturated rings. The van der Waals surface area contributed by atoms with E-state index in [9.17, 15) is 8.78 Å². The maximum atomic E-state index is 13.5. The first-order valence-corrected chi connectivity index (χ1v) is 12.2. The van der Waals surface area contributed by atoms with Crippen LogP contribution in [0.3, 0.4) is 0 Å². The summed E-state index contributed by atoms with van der Waals surface area (Å²) in [5.41, 5.74) is 8.15. The van der Waals surface area contributed by atoms with E-state index in [1.165, 1.54) is 0 Å². The Morgan fingerprint density at radius 3 is 2.47 bits per heavy atom. The monoisotopic (exact) mass is 489 g/mol. The van der Waals surface area contributed by atoms with Gasteiger partial charge in [-0.1, -0.05) is 26.1 Å². The third kappa shape index (κ3) is 6.15. The number of aryl methyl sites for hydroxylation is 1. The largest absolute Gasteiger partial charge is 0.388 e. The zero-order chi connectivity index (χ0) is 25.7. The van der Waals surface area contributed by atoms with Gasteiger partial charge in [-0.25, -0.2) is 8.78 Å². The van der Waals surface area contributed by atoms with Crippen molar-refractivity contribution < 1.29 is 8.78 Å². The zero-order valence-electron chi connectivity index (χ0n) is 21.0. The second kappa shape index (κ2) is 11.0. The Kier molecular flexibility index (Phi) is 7.79. The number of aromatic nitrogens is 2. The van der Waals surface area contributed by atoms with Gasteiger partial charge in [0.25, 0.3) is 5.92 Å². The first-order valence-electron chi connectivity index (χ1n) is 12.2. The third-order valence-corrected chi connectivity index (χ3v) is 6.58. The number of pyridine rings is 2. The van der Waals surface area contributed by atoms with Gasteiger partial charge in [-0.15, -0.1) is 0 Å². The Morgan fingerprint density at radius 2 is 1.81 bits per heavy atom. The molecule has 0 aliphatic carbocycles. The fraction of sp³-hybridized carbons (Fsp3) is 0.310. The molecule has 188 valence electrons. The Bertz CT molecular complexity index is 1230. The number of benzene rings is 1. The van der Waals surface area contributed by atoms with Gasteiger partial charge in [0.1, 0.15) is 0 Å². The summed E-state index contributed by atoms with van der Waals surface area (Å²) in [5, 5.41) is 6.54. The van der Waals surface area contributed by atoms with Crippen molar-refractivity contribution in [2.75, 3.05) is 30.8 Å². The lowest BCUT2D eigenvalue weighted by Crippen LogP contribution is -2.38. The maximum absolute atomic E-state index is 13.5. The highest BCUT2D eigenvalue weighted by atomic mass is 19.3. The molecule has 3 aromatic rings. The number of alkyl halides is 2. The van der Waals surface area contributed by atoms with Crippen LogP contribution in [0.5, 0.6) is 0 Å². The summed E-state index contributed by atoms with van der Waals surface area (Å²) in [6.07, 6.45) is 6.13. The summed E-state index contributed by atoms with van der Waals surface area (Å²) in [6, 6.07) is 12.2. The van der Waals surface area contributed by atoms with Crippen molar-refractivity contribution in [3.63, 3.8) is 0 Å². The molecule has 1 aliphatic heterocycles. The molecule has 36 heavy (non-hydrogen) atoms. The molecule has 0 saturated carbocycles. The number of hydrogen-bond acceptors (Lipinski definition) is 5. The van der Waals surface area contributed by atoms with E-state index < -0.39 is 5.92 Å².